The Morgan fingerprint density at radius 2 is 2.29 bits per heavy atom. The fourth-order valence-electron chi connectivity index (χ4n) is 1.75. The van der Waals surface area contributed by atoms with Gasteiger partial charge in [-0.15, -0.1) is 11.3 Å². The van der Waals surface area contributed by atoms with Gasteiger partial charge >= 0.3 is 0 Å². The van der Waals surface area contributed by atoms with Crippen LogP contribution < -0.4 is 5.32 Å². The highest BCUT2D eigenvalue weighted by molar-refractivity contribution is 7.15. The number of nitrogens with zero attached hydrogens (tertiary/aromatic N) is 3. The van der Waals surface area contributed by atoms with Crippen LogP contribution in [0.3, 0.4) is 0 Å². The number of hydrogen-bond donors (Lipinski definition) is 1. The Labute approximate surface area is 105 Å². The second-order valence-electron chi connectivity index (χ2n) is 4.55. The molecular weight excluding hydrogens is 232 g/mol. The number of nitrogens with one attached hydrogen (secondary N) is 1. The summed E-state index contributed by atoms with van der Waals surface area (Å²) in [5.41, 5.74) is 2.32. The standard InChI is InChI=1S/C12H16N4S/c1-8-11(7-15-16(8)2)12-14-6-10(17-12)5-13-9-3-4-9/h6-7,9,13H,3-5H2,1-2H3. The topological polar surface area (TPSA) is 42.7 Å². The van der Waals surface area contributed by atoms with E-state index in [0.717, 1.165) is 23.2 Å². The summed E-state index contributed by atoms with van der Waals surface area (Å²) < 4.78 is 1.89. The third-order valence-corrected chi connectivity index (χ3v) is 4.19. The highest BCUT2D eigenvalue weighted by Gasteiger charge is 2.20. The zero-order chi connectivity index (χ0) is 11.8. The summed E-state index contributed by atoms with van der Waals surface area (Å²) in [5.74, 6) is 0. The molecule has 1 fully saturated rings. The molecular formula is C12H16N4S. The molecule has 5 heteroatoms. The lowest BCUT2D eigenvalue weighted by Gasteiger charge is -1.97. The van der Waals surface area contributed by atoms with Gasteiger partial charge in [-0.1, -0.05) is 0 Å². The monoisotopic (exact) mass is 248 g/mol. The molecule has 0 bridgehead atoms. The second kappa shape index (κ2) is 4.23. The summed E-state index contributed by atoms with van der Waals surface area (Å²) >= 11 is 1.76. The predicted octanol–water partition coefficient (Wildman–Crippen LogP) is 2.10. The molecule has 0 unspecified atom stereocenters. The highest BCUT2D eigenvalue weighted by Crippen LogP contribution is 2.28. The molecule has 90 valence electrons. The third kappa shape index (κ3) is 2.25. The minimum atomic E-state index is 0.751. The van der Waals surface area contributed by atoms with Crippen LogP contribution in [0, 0.1) is 6.92 Å². The van der Waals surface area contributed by atoms with E-state index in [1.54, 1.807) is 11.3 Å². The van der Waals surface area contributed by atoms with E-state index in [9.17, 15) is 0 Å². The second-order valence-corrected chi connectivity index (χ2v) is 5.67. The van der Waals surface area contributed by atoms with E-state index in [1.165, 1.54) is 23.4 Å². The third-order valence-electron chi connectivity index (χ3n) is 3.16. The molecule has 0 radical (unpaired) electrons. The number of thiazole rings is 1. The molecule has 0 atom stereocenters. The molecule has 0 spiro atoms. The van der Waals surface area contributed by atoms with Crippen molar-refractivity contribution in [1.29, 1.82) is 0 Å². The largest absolute Gasteiger partial charge is 0.309 e. The Bertz CT molecular complexity index is 524. The molecule has 0 saturated heterocycles. The summed E-state index contributed by atoms with van der Waals surface area (Å²) in [6.45, 7) is 3.02. The fraction of sp³-hybridized carbons (Fsp3) is 0.500. The zero-order valence-electron chi connectivity index (χ0n) is 10.1. The minimum Gasteiger partial charge on any atom is -0.309 e. The molecule has 2 heterocycles. The SMILES string of the molecule is Cc1c(-c2ncc(CNC3CC3)s2)cnn1C. The molecule has 2 aromatic heterocycles. The molecule has 0 aromatic carbocycles. The van der Waals surface area contributed by atoms with Gasteiger partial charge in [0.2, 0.25) is 0 Å². The van der Waals surface area contributed by atoms with Gasteiger partial charge in [-0.3, -0.25) is 4.68 Å². The highest BCUT2D eigenvalue weighted by atomic mass is 32.1. The summed E-state index contributed by atoms with van der Waals surface area (Å²) in [4.78, 5) is 5.79. The number of rotatable bonds is 4. The lowest BCUT2D eigenvalue weighted by molar-refractivity contribution is 0.694. The van der Waals surface area contributed by atoms with Crippen LogP contribution in [-0.2, 0) is 13.6 Å². The minimum absolute atomic E-state index is 0.751. The van der Waals surface area contributed by atoms with Crippen molar-refractivity contribution in [2.45, 2.75) is 32.4 Å². The molecule has 1 aliphatic rings. The molecule has 0 amide bonds. The average molecular weight is 248 g/mol. The van der Waals surface area contributed by atoms with E-state index < -0.39 is 0 Å². The predicted molar refractivity (Wildman–Crippen MR) is 68.9 cm³/mol. The van der Waals surface area contributed by atoms with Crippen molar-refractivity contribution in [2.75, 3.05) is 0 Å². The molecule has 4 nitrogen and oxygen atoms in total. The number of aromatic nitrogens is 3. The quantitative estimate of drug-likeness (QED) is 0.901. The van der Waals surface area contributed by atoms with E-state index in [-0.39, 0.29) is 0 Å². The number of aryl methyl sites for hydroxylation is 1. The van der Waals surface area contributed by atoms with Gasteiger partial charge in [-0.05, 0) is 19.8 Å². The van der Waals surface area contributed by atoms with E-state index in [4.69, 9.17) is 0 Å². The maximum atomic E-state index is 4.48. The fourth-order valence-corrected chi connectivity index (χ4v) is 2.68. The maximum Gasteiger partial charge on any atom is 0.127 e. The maximum absolute atomic E-state index is 4.48. The summed E-state index contributed by atoms with van der Waals surface area (Å²) in [6, 6.07) is 0.751. The van der Waals surface area contributed by atoms with Crippen molar-refractivity contribution in [2.24, 2.45) is 7.05 Å². The van der Waals surface area contributed by atoms with E-state index >= 15 is 0 Å². The lowest BCUT2D eigenvalue weighted by atomic mass is 10.3. The van der Waals surface area contributed by atoms with Crippen LogP contribution in [0.1, 0.15) is 23.4 Å². The number of hydrogen-bond acceptors (Lipinski definition) is 4. The summed E-state index contributed by atoms with van der Waals surface area (Å²) in [6.07, 6.45) is 6.52. The molecule has 3 rings (SSSR count). The molecule has 0 aliphatic heterocycles. The Balaban J connectivity index is 1.76. The van der Waals surface area contributed by atoms with Gasteiger partial charge in [-0.2, -0.15) is 5.10 Å². The lowest BCUT2D eigenvalue weighted by Crippen LogP contribution is -2.14. The van der Waals surface area contributed by atoms with Crippen LogP contribution in [0.4, 0.5) is 0 Å². The van der Waals surface area contributed by atoms with Crippen LogP contribution >= 0.6 is 11.3 Å². The first-order valence-electron chi connectivity index (χ1n) is 5.91. The Kier molecular flexibility index (Phi) is 2.72. The van der Waals surface area contributed by atoms with Crippen molar-refractivity contribution >= 4 is 11.3 Å². The molecule has 17 heavy (non-hydrogen) atoms. The first-order chi connectivity index (χ1) is 8.24. The van der Waals surface area contributed by atoms with Gasteiger partial charge < -0.3 is 5.32 Å². The van der Waals surface area contributed by atoms with E-state index in [0.29, 0.717) is 0 Å². The van der Waals surface area contributed by atoms with Crippen molar-refractivity contribution in [3.63, 3.8) is 0 Å². The molecule has 2 aromatic rings. The van der Waals surface area contributed by atoms with Gasteiger partial charge in [0.25, 0.3) is 0 Å². The summed E-state index contributed by atoms with van der Waals surface area (Å²) in [5, 5.41) is 8.83. The first kappa shape index (κ1) is 10.9. The molecule has 1 aliphatic carbocycles. The van der Waals surface area contributed by atoms with Crippen molar-refractivity contribution in [1.82, 2.24) is 20.1 Å². The average Bonchev–Trinajstić information content (AvgIpc) is 2.95. The van der Waals surface area contributed by atoms with Gasteiger partial charge in [0.1, 0.15) is 5.01 Å². The van der Waals surface area contributed by atoms with Crippen molar-refractivity contribution < 1.29 is 0 Å². The van der Waals surface area contributed by atoms with E-state index in [1.807, 2.05) is 24.1 Å². The van der Waals surface area contributed by atoms with Gasteiger partial charge in [-0.25, -0.2) is 4.98 Å². The Hall–Kier alpha value is -1.20. The smallest absolute Gasteiger partial charge is 0.127 e. The molecule has 1 saturated carbocycles. The van der Waals surface area contributed by atoms with Crippen LogP contribution in [-0.4, -0.2) is 20.8 Å². The van der Waals surface area contributed by atoms with Crippen LogP contribution in [0.5, 0.6) is 0 Å². The molecule has 1 N–H and O–H groups in total. The first-order valence-corrected chi connectivity index (χ1v) is 6.73. The Morgan fingerprint density at radius 3 is 2.94 bits per heavy atom. The van der Waals surface area contributed by atoms with Crippen LogP contribution in [0.25, 0.3) is 10.6 Å². The van der Waals surface area contributed by atoms with Crippen LogP contribution in [0.15, 0.2) is 12.4 Å². The Morgan fingerprint density at radius 1 is 1.47 bits per heavy atom. The van der Waals surface area contributed by atoms with Gasteiger partial charge in [0.15, 0.2) is 0 Å². The van der Waals surface area contributed by atoms with Gasteiger partial charge in [0, 0.05) is 36.4 Å². The van der Waals surface area contributed by atoms with Crippen molar-refractivity contribution in [3.8, 4) is 10.6 Å². The van der Waals surface area contributed by atoms with Crippen LogP contribution in [0.2, 0.25) is 0 Å². The van der Waals surface area contributed by atoms with E-state index in [2.05, 4.69) is 22.3 Å². The van der Waals surface area contributed by atoms with Gasteiger partial charge in [0.05, 0.1) is 11.8 Å². The van der Waals surface area contributed by atoms with Crippen molar-refractivity contribution in [3.05, 3.63) is 23.0 Å². The normalized spacial score (nSPS) is 15.4. The zero-order valence-corrected chi connectivity index (χ0v) is 10.9. The summed E-state index contributed by atoms with van der Waals surface area (Å²) in [7, 11) is 1.96.